The zero-order valence-corrected chi connectivity index (χ0v) is 44.5. The van der Waals surface area contributed by atoms with Gasteiger partial charge < -0.3 is 55.9 Å². The standard InChI is InChI=1S/C23H31P2.2C10H20O5.Cs/c1-14-10-16(3)20(17(4)11-14)24-22(23(7,8)9)25-21-18(5)12-15(2)13-19(21)6;2*1-2-12-5-6-14-9-10-15-8-7-13-4-3-11-1;/h10-13H,1-9H3;2*1-10H2;/q-1;;;+1. The van der Waals surface area contributed by atoms with E-state index in [1.165, 1.54) is 60.8 Å². The van der Waals surface area contributed by atoms with Crippen molar-refractivity contribution < 1.29 is 116 Å². The van der Waals surface area contributed by atoms with Crippen LogP contribution in [0.4, 0.5) is 0 Å². The first-order chi connectivity index (χ1) is 26.5. The molecule has 0 aromatic heterocycles. The molecule has 0 unspecified atom stereocenters. The fourth-order valence-electron chi connectivity index (χ4n) is 5.47. The molecule has 4 rings (SSSR count). The van der Waals surface area contributed by atoms with Crippen molar-refractivity contribution in [2.75, 3.05) is 132 Å². The Morgan fingerprint density at radius 3 is 0.839 bits per heavy atom. The molecule has 314 valence electrons. The quantitative estimate of drug-likeness (QED) is 0.425. The van der Waals surface area contributed by atoms with Crippen LogP contribution in [0.15, 0.2) is 24.3 Å². The van der Waals surface area contributed by atoms with Gasteiger partial charge in [-0.15, -0.1) is 8.20 Å². The monoisotopic (exact) mass is 942 g/mol. The van der Waals surface area contributed by atoms with E-state index >= 15 is 0 Å². The van der Waals surface area contributed by atoms with Gasteiger partial charge in [-0.2, -0.15) is 10.3 Å². The minimum absolute atomic E-state index is 0. The largest absolute Gasteiger partial charge is 1.00 e. The minimum atomic E-state index is 0. The van der Waals surface area contributed by atoms with Gasteiger partial charge in [-0.1, -0.05) is 67.3 Å². The number of ether oxygens (including phenoxy) is 10. The van der Waals surface area contributed by atoms with Gasteiger partial charge in [0.25, 0.3) is 0 Å². The second-order valence-corrected chi connectivity index (χ2v) is 17.0. The summed E-state index contributed by atoms with van der Waals surface area (Å²) in [5.41, 5.74) is 8.53. The first-order valence-electron chi connectivity index (χ1n) is 19.7. The van der Waals surface area contributed by atoms with Gasteiger partial charge in [0.2, 0.25) is 0 Å². The number of hydrogen-bond donors (Lipinski definition) is 0. The van der Waals surface area contributed by atoms with Gasteiger partial charge in [-0.3, -0.25) is 0 Å². The van der Waals surface area contributed by atoms with Crippen LogP contribution in [-0.4, -0.2) is 137 Å². The summed E-state index contributed by atoms with van der Waals surface area (Å²) in [4.78, 5) is 0. The predicted octanol–water partition coefficient (Wildman–Crippen LogP) is 3.73. The van der Waals surface area contributed by atoms with Crippen molar-refractivity contribution in [2.45, 2.75) is 62.3 Å². The van der Waals surface area contributed by atoms with Crippen LogP contribution in [0.2, 0.25) is 0 Å². The molecule has 2 aliphatic rings. The van der Waals surface area contributed by atoms with Crippen LogP contribution in [0, 0.1) is 47.0 Å². The molecule has 0 bridgehead atoms. The van der Waals surface area contributed by atoms with Crippen molar-refractivity contribution in [1.82, 2.24) is 0 Å². The normalized spacial score (nSPS) is 18.7. The fraction of sp³-hybridized carbons (Fsp3) is 0.698. The smallest absolute Gasteiger partial charge is 0.471 e. The molecule has 0 saturated carbocycles. The maximum absolute atomic E-state index is 5.28. The molecule has 2 saturated heterocycles. The van der Waals surface area contributed by atoms with E-state index < -0.39 is 0 Å². The Kier molecular flexibility index (Phi) is 33.5. The van der Waals surface area contributed by atoms with Crippen LogP contribution >= 0.6 is 16.8 Å². The molecule has 0 amide bonds. The zero-order valence-electron chi connectivity index (χ0n) is 36.4. The summed E-state index contributed by atoms with van der Waals surface area (Å²) < 4.78 is 52.8. The average Bonchev–Trinajstić information content (AvgIpc) is 3.14. The molecule has 56 heavy (non-hydrogen) atoms. The van der Waals surface area contributed by atoms with E-state index in [4.69, 9.17) is 47.4 Å². The van der Waals surface area contributed by atoms with Crippen LogP contribution < -0.4 is 79.5 Å². The molecule has 2 aromatic rings. The van der Waals surface area contributed by atoms with E-state index in [1.807, 2.05) is 0 Å². The second-order valence-electron chi connectivity index (χ2n) is 14.4. The molecule has 0 aliphatic carbocycles. The summed E-state index contributed by atoms with van der Waals surface area (Å²) in [6, 6.07) is 9.26. The summed E-state index contributed by atoms with van der Waals surface area (Å²) in [6.07, 6.45) is 0. The molecule has 2 heterocycles. The molecule has 2 aliphatic heterocycles. The van der Waals surface area contributed by atoms with Crippen molar-refractivity contribution in [3.8, 4) is 0 Å². The van der Waals surface area contributed by atoms with Gasteiger partial charge in [0.1, 0.15) is 0 Å². The van der Waals surface area contributed by atoms with E-state index in [9.17, 15) is 0 Å². The molecule has 10 nitrogen and oxygen atoms in total. The summed E-state index contributed by atoms with van der Waals surface area (Å²) in [7, 11) is 2.74. The Hall–Kier alpha value is 0.692. The van der Waals surface area contributed by atoms with Gasteiger partial charge in [-0.25, -0.2) is 0 Å². The van der Waals surface area contributed by atoms with Gasteiger partial charge in [0, 0.05) is 5.30 Å². The predicted molar refractivity (Wildman–Crippen MR) is 227 cm³/mol. The molecule has 0 radical (unpaired) electrons. The number of benzene rings is 2. The van der Waals surface area contributed by atoms with Gasteiger partial charge in [0.15, 0.2) is 0 Å². The van der Waals surface area contributed by atoms with Crippen LogP contribution in [0.5, 0.6) is 0 Å². The van der Waals surface area contributed by atoms with Crippen LogP contribution in [0.3, 0.4) is 0 Å². The Balaban J connectivity index is 0.000000440. The van der Waals surface area contributed by atoms with E-state index in [0.29, 0.717) is 132 Å². The Morgan fingerprint density at radius 1 is 0.411 bits per heavy atom. The molecule has 0 atom stereocenters. The topological polar surface area (TPSA) is 92.3 Å². The SMILES string of the molecule is C1COCCOCCOCCOCCO1.C1COCCOCCOCCOCCO1.Cc1cc(C)c(P=C([P-]c2c(C)cc(C)cc2C)C(C)(C)C)c(C)c1.[Cs+]. The molecule has 2 aromatic carbocycles. The Morgan fingerprint density at radius 2 is 0.625 bits per heavy atom. The van der Waals surface area contributed by atoms with Gasteiger partial charge in [0.05, 0.1) is 132 Å². The molecular formula is C43H71CsO10P2. The van der Waals surface area contributed by atoms with Crippen LogP contribution in [-0.2, 0) is 47.4 Å². The van der Waals surface area contributed by atoms with Crippen molar-refractivity contribution in [2.24, 2.45) is 5.41 Å². The maximum Gasteiger partial charge on any atom is 1.00 e. The molecule has 2 fully saturated rings. The third kappa shape index (κ3) is 26.8. The molecule has 0 spiro atoms. The number of aryl methyl sites for hydroxylation is 6. The summed E-state index contributed by atoms with van der Waals surface area (Å²) >= 11 is 0. The number of rotatable bonds is 3. The van der Waals surface area contributed by atoms with Gasteiger partial charge in [-0.05, 0) is 58.1 Å². The third-order valence-electron chi connectivity index (χ3n) is 8.10. The number of hydrogen-bond acceptors (Lipinski definition) is 10. The van der Waals surface area contributed by atoms with E-state index in [2.05, 4.69) is 86.6 Å². The second kappa shape index (κ2) is 34.3. The minimum Gasteiger partial charge on any atom is -0.471 e. The van der Waals surface area contributed by atoms with Crippen molar-refractivity contribution in [3.05, 3.63) is 57.6 Å². The van der Waals surface area contributed by atoms with E-state index in [1.54, 1.807) is 5.03 Å². The maximum atomic E-state index is 5.28. The first-order valence-corrected chi connectivity index (χ1v) is 21.5. The van der Waals surface area contributed by atoms with E-state index in [-0.39, 0.29) is 74.3 Å². The van der Waals surface area contributed by atoms with Crippen LogP contribution in [0.1, 0.15) is 54.2 Å². The zero-order chi connectivity index (χ0) is 40.2. The van der Waals surface area contributed by atoms with Crippen molar-refractivity contribution >= 4 is 32.4 Å². The Bertz CT molecular complexity index is 1150. The summed E-state index contributed by atoms with van der Waals surface area (Å²) in [6.45, 7) is 32.6. The first kappa shape index (κ1) is 54.7. The van der Waals surface area contributed by atoms with Gasteiger partial charge >= 0.3 is 68.9 Å². The fourth-order valence-corrected chi connectivity index (χ4v) is 8.33. The third-order valence-corrected chi connectivity index (χ3v) is 12.3. The Labute approximate surface area is 401 Å². The summed E-state index contributed by atoms with van der Waals surface area (Å²) in [5, 5.41) is 4.52. The molecule has 0 N–H and O–H groups in total. The average molecular weight is 943 g/mol. The van der Waals surface area contributed by atoms with Crippen molar-refractivity contribution in [3.63, 3.8) is 0 Å². The van der Waals surface area contributed by atoms with E-state index in [0.717, 1.165) is 0 Å². The van der Waals surface area contributed by atoms with Crippen LogP contribution in [0.25, 0.3) is 0 Å². The molecular weight excluding hydrogens is 871 g/mol. The van der Waals surface area contributed by atoms with Crippen molar-refractivity contribution in [1.29, 1.82) is 0 Å². The molecule has 13 heteroatoms. The summed E-state index contributed by atoms with van der Waals surface area (Å²) in [5.74, 6) is 0.